The highest BCUT2D eigenvalue weighted by molar-refractivity contribution is 6.36. The van der Waals surface area contributed by atoms with E-state index in [1.807, 2.05) is 6.92 Å². The van der Waals surface area contributed by atoms with Crippen molar-refractivity contribution in [3.8, 4) is 17.0 Å². The lowest BCUT2D eigenvalue weighted by Gasteiger charge is -2.40. The van der Waals surface area contributed by atoms with E-state index < -0.39 is 17.8 Å². The van der Waals surface area contributed by atoms with E-state index >= 15 is 0 Å². The molecule has 0 aliphatic carbocycles. The number of H-pyrrole nitrogens is 1. The quantitative estimate of drug-likeness (QED) is 0.272. The number of nitrogens with zero attached hydrogens (tertiary/aromatic N) is 4. The first-order chi connectivity index (χ1) is 17.0. The third-order valence-corrected chi connectivity index (χ3v) is 7.15. The molecule has 5 rings (SSSR count). The summed E-state index contributed by atoms with van der Waals surface area (Å²) in [5.41, 5.74) is 0.770. The maximum atomic E-state index is 14.0. The molecule has 3 aromatic heterocycles. The third-order valence-electron chi connectivity index (χ3n) is 6.25. The zero-order valence-corrected chi connectivity index (χ0v) is 21.3. The van der Waals surface area contributed by atoms with Crippen LogP contribution < -0.4 is 9.64 Å². The monoisotopic (exact) mass is 555 g/mol. The van der Waals surface area contributed by atoms with Gasteiger partial charge in [-0.05, 0) is 38.5 Å². The molecule has 1 aliphatic rings. The summed E-state index contributed by atoms with van der Waals surface area (Å²) in [5, 5.41) is 8.54. The Morgan fingerprint density at radius 2 is 1.81 bits per heavy atom. The van der Waals surface area contributed by atoms with Gasteiger partial charge in [-0.3, -0.25) is 10.1 Å². The minimum absolute atomic E-state index is 0.00176. The van der Waals surface area contributed by atoms with Crippen molar-refractivity contribution >= 4 is 51.5 Å². The molecule has 2 atom stereocenters. The average Bonchev–Trinajstić information content (AvgIpc) is 3.20. The van der Waals surface area contributed by atoms with E-state index in [2.05, 4.69) is 20.2 Å². The summed E-state index contributed by atoms with van der Waals surface area (Å²) < 4.78 is 47.9. The number of fused-ring (bicyclic) bond motifs is 1. The summed E-state index contributed by atoms with van der Waals surface area (Å²) in [6.45, 7) is 4.16. The number of pyridine rings is 2. The highest BCUT2D eigenvalue weighted by Crippen LogP contribution is 2.42. The third kappa shape index (κ3) is 4.44. The molecule has 1 N–H and O–H groups in total. The van der Waals surface area contributed by atoms with Crippen molar-refractivity contribution in [2.45, 2.75) is 38.6 Å². The number of anilines is 1. The Hall–Kier alpha value is -2.75. The summed E-state index contributed by atoms with van der Waals surface area (Å²) >= 11 is 18.9. The molecule has 0 spiro atoms. The lowest BCUT2D eigenvalue weighted by molar-refractivity contribution is -0.137. The van der Waals surface area contributed by atoms with Crippen LogP contribution in [0, 0.1) is 0 Å². The lowest BCUT2D eigenvalue weighted by atomic mass is 10.0. The number of aromatic nitrogens is 4. The number of nitrogens with one attached hydrogen (secondary N) is 1. The first-order valence-corrected chi connectivity index (χ1v) is 12.2. The highest BCUT2D eigenvalue weighted by atomic mass is 35.5. The van der Waals surface area contributed by atoms with Gasteiger partial charge in [0.05, 0.1) is 26.1 Å². The zero-order chi connectivity index (χ0) is 25.8. The number of ether oxygens (including phenoxy) is 1. The molecule has 188 valence electrons. The van der Waals surface area contributed by atoms with Gasteiger partial charge in [0.2, 0.25) is 0 Å². The molecule has 0 bridgehead atoms. The van der Waals surface area contributed by atoms with Crippen LogP contribution in [0.2, 0.25) is 15.1 Å². The predicted molar refractivity (Wildman–Crippen MR) is 134 cm³/mol. The number of alkyl halides is 3. The molecule has 0 radical (unpaired) electrons. The molecule has 36 heavy (non-hydrogen) atoms. The van der Waals surface area contributed by atoms with Gasteiger partial charge in [0.25, 0.3) is 0 Å². The van der Waals surface area contributed by atoms with Gasteiger partial charge in [-0.2, -0.15) is 18.3 Å². The molecule has 1 aliphatic heterocycles. The largest absolute Gasteiger partial charge is 0.484 e. The number of rotatable bonds is 5. The molecule has 12 heteroatoms. The Bertz CT molecular complexity index is 1440. The zero-order valence-electron chi connectivity index (χ0n) is 19.0. The Morgan fingerprint density at radius 1 is 1.08 bits per heavy atom. The van der Waals surface area contributed by atoms with E-state index in [1.54, 1.807) is 24.0 Å². The van der Waals surface area contributed by atoms with Crippen LogP contribution in [0.3, 0.4) is 0 Å². The molecule has 4 heterocycles. The van der Waals surface area contributed by atoms with Gasteiger partial charge in [-0.25, -0.2) is 4.98 Å². The van der Waals surface area contributed by atoms with E-state index in [4.69, 9.17) is 39.5 Å². The standard InChI is InChI=1S/C24H19Cl3F3N5O/c1-11-3-4-35(11)23-15(24(28,29)30)5-13(8-32-23)22-14-6-20(16(25)7-19(14)33-34-22)36-12(2)21-17(26)9-31-10-18(21)27/h5-12H,3-4H2,1-2H3,(H,33,34)/t11-,12?/m0/s1. The summed E-state index contributed by atoms with van der Waals surface area (Å²) in [5.74, 6) is 0.218. The average molecular weight is 557 g/mol. The molecule has 6 nitrogen and oxygen atoms in total. The van der Waals surface area contributed by atoms with Gasteiger partial charge in [0, 0.05) is 47.7 Å². The van der Waals surface area contributed by atoms with Crippen molar-refractivity contribution in [3.63, 3.8) is 0 Å². The number of benzene rings is 1. The van der Waals surface area contributed by atoms with Crippen LogP contribution in [0.15, 0.2) is 36.8 Å². The van der Waals surface area contributed by atoms with Gasteiger partial charge in [-0.1, -0.05) is 34.8 Å². The minimum Gasteiger partial charge on any atom is -0.484 e. The lowest BCUT2D eigenvalue weighted by Crippen LogP contribution is -2.47. The van der Waals surface area contributed by atoms with E-state index in [1.165, 1.54) is 18.6 Å². The van der Waals surface area contributed by atoms with Crippen LogP contribution in [0.4, 0.5) is 19.0 Å². The van der Waals surface area contributed by atoms with Crippen LogP contribution >= 0.6 is 34.8 Å². The molecule has 0 saturated carbocycles. The first kappa shape index (κ1) is 24.9. The summed E-state index contributed by atoms with van der Waals surface area (Å²) in [7, 11) is 0. The van der Waals surface area contributed by atoms with E-state index in [9.17, 15) is 13.2 Å². The van der Waals surface area contributed by atoms with Gasteiger partial charge in [0.15, 0.2) is 0 Å². The number of aromatic amines is 1. The van der Waals surface area contributed by atoms with Crippen molar-refractivity contribution in [3.05, 3.63) is 63.0 Å². The molecule has 1 aromatic carbocycles. The number of hydrogen-bond donors (Lipinski definition) is 1. The second-order valence-electron chi connectivity index (χ2n) is 8.60. The Balaban J connectivity index is 1.55. The molecular weight excluding hydrogens is 538 g/mol. The van der Waals surface area contributed by atoms with Crippen LogP contribution in [0.1, 0.15) is 37.5 Å². The fraction of sp³-hybridized carbons (Fsp3) is 0.292. The fourth-order valence-electron chi connectivity index (χ4n) is 4.24. The van der Waals surface area contributed by atoms with Gasteiger partial charge in [-0.15, -0.1) is 0 Å². The molecule has 1 unspecified atom stereocenters. The molecule has 1 saturated heterocycles. The van der Waals surface area contributed by atoms with Gasteiger partial charge < -0.3 is 9.64 Å². The summed E-state index contributed by atoms with van der Waals surface area (Å²) in [6.07, 6.45) is -0.0260. The second kappa shape index (κ2) is 9.28. The summed E-state index contributed by atoms with van der Waals surface area (Å²) in [6, 6.07) is 4.30. The SMILES string of the molecule is CC(Oc1cc2c(-c3cnc(N4CC[C@@H]4C)c(C(F)(F)F)c3)n[nH]c2cc1Cl)c1c(Cl)cncc1Cl. The van der Waals surface area contributed by atoms with Gasteiger partial charge in [0.1, 0.15) is 23.4 Å². The van der Waals surface area contributed by atoms with Crippen molar-refractivity contribution in [1.29, 1.82) is 0 Å². The molecule has 4 aromatic rings. The van der Waals surface area contributed by atoms with Crippen LogP contribution in [-0.4, -0.2) is 32.8 Å². The Labute approximate surface area is 219 Å². The molecule has 1 fully saturated rings. The van der Waals surface area contributed by atoms with Crippen LogP contribution in [0.25, 0.3) is 22.2 Å². The molecule has 0 amide bonds. The maximum absolute atomic E-state index is 14.0. The minimum atomic E-state index is -4.57. The highest BCUT2D eigenvalue weighted by Gasteiger charge is 2.39. The van der Waals surface area contributed by atoms with E-state index in [0.29, 0.717) is 44.5 Å². The second-order valence-corrected chi connectivity index (χ2v) is 9.82. The Kier molecular flexibility index (Phi) is 6.43. The van der Waals surface area contributed by atoms with Gasteiger partial charge >= 0.3 is 6.18 Å². The van der Waals surface area contributed by atoms with E-state index in [0.717, 1.165) is 12.5 Å². The van der Waals surface area contributed by atoms with Crippen molar-refractivity contribution in [2.24, 2.45) is 0 Å². The normalized spacial score (nSPS) is 16.8. The summed E-state index contributed by atoms with van der Waals surface area (Å²) in [4.78, 5) is 9.78. The van der Waals surface area contributed by atoms with Crippen molar-refractivity contribution in [1.82, 2.24) is 20.2 Å². The topological polar surface area (TPSA) is 66.9 Å². The van der Waals surface area contributed by atoms with Crippen LogP contribution in [-0.2, 0) is 6.18 Å². The smallest absolute Gasteiger partial charge is 0.419 e. The predicted octanol–water partition coefficient (Wildman–Crippen LogP) is 7.74. The van der Waals surface area contributed by atoms with Crippen LogP contribution in [0.5, 0.6) is 5.75 Å². The number of halogens is 6. The first-order valence-electron chi connectivity index (χ1n) is 11.0. The maximum Gasteiger partial charge on any atom is 0.419 e. The molecular formula is C24H19Cl3F3N5O. The fourth-order valence-corrected chi connectivity index (χ4v) is 5.12. The Morgan fingerprint density at radius 3 is 2.42 bits per heavy atom. The number of hydrogen-bond acceptors (Lipinski definition) is 5. The van der Waals surface area contributed by atoms with Crippen molar-refractivity contribution in [2.75, 3.05) is 11.4 Å². The van der Waals surface area contributed by atoms with Crippen molar-refractivity contribution < 1.29 is 17.9 Å². The van der Waals surface area contributed by atoms with E-state index in [-0.39, 0.29) is 22.4 Å².